The molecule has 176 valence electrons. The Morgan fingerprint density at radius 1 is 1.12 bits per heavy atom. The number of amides is 1. The van der Waals surface area contributed by atoms with Gasteiger partial charge in [0.25, 0.3) is 5.91 Å². The highest BCUT2D eigenvalue weighted by atomic mass is 16.5. The lowest BCUT2D eigenvalue weighted by atomic mass is 9.93. The second-order valence-corrected chi connectivity index (χ2v) is 9.07. The number of rotatable bonds is 9. The molecule has 1 amide bonds. The van der Waals surface area contributed by atoms with E-state index < -0.39 is 0 Å². The summed E-state index contributed by atoms with van der Waals surface area (Å²) in [5.74, 6) is 0.937. The smallest absolute Gasteiger partial charge is 0.253 e. The number of hydrogen-bond donors (Lipinski definition) is 0. The predicted octanol–water partition coefficient (Wildman–Crippen LogP) is 5.85. The van der Waals surface area contributed by atoms with Crippen molar-refractivity contribution in [3.8, 4) is 5.75 Å². The van der Waals surface area contributed by atoms with E-state index in [4.69, 9.17) is 4.74 Å². The zero-order chi connectivity index (χ0) is 23.4. The van der Waals surface area contributed by atoms with Gasteiger partial charge in [0, 0.05) is 48.7 Å². The van der Waals surface area contributed by atoms with Crippen LogP contribution in [0.3, 0.4) is 0 Å². The highest BCUT2D eigenvalue weighted by Gasteiger charge is 2.52. The van der Waals surface area contributed by atoms with Crippen LogP contribution in [-0.4, -0.2) is 54.2 Å². The molecule has 0 radical (unpaired) electrons. The van der Waals surface area contributed by atoms with Crippen molar-refractivity contribution >= 4 is 17.3 Å². The van der Waals surface area contributed by atoms with Gasteiger partial charge < -0.3 is 14.5 Å². The van der Waals surface area contributed by atoms with Crippen LogP contribution in [0.4, 0.5) is 11.4 Å². The first kappa shape index (κ1) is 23.4. The Hall–Kier alpha value is -2.79. The number of hydrogen-bond acceptors (Lipinski definition) is 4. The molecule has 2 atom stereocenters. The molecule has 5 nitrogen and oxygen atoms in total. The number of ether oxygens (including phenoxy) is 1. The van der Waals surface area contributed by atoms with E-state index in [-0.39, 0.29) is 11.6 Å². The highest BCUT2D eigenvalue weighted by Crippen LogP contribution is 2.50. The van der Waals surface area contributed by atoms with Crippen molar-refractivity contribution in [2.75, 3.05) is 31.6 Å². The van der Waals surface area contributed by atoms with Gasteiger partial charge >= 0.3 is 0 Å². The number of anilines is 2. The predicted molar refractivity (Wildman–Crippen MR) is 135 cm³/mol. The van der Waals surface area contributed by atoms with Crippen molar-refractivity contribution < 1.29 is 9.53 Å². The number of fused-ring (bicyclic) bond motifs is 2. The van der Waals surface area contributed by atoms with E-state index >= 15 is 0 Å². The van der Waals surface area contributed by atoms with Gasteiger partial charge in [-0.25, -0.2) is 0 Å². The van der Waals surface area contributed by atoms with E-state index in [2.05, 4.69) is 46.7 Å². The number of methoxy groups -OCH3 is 1. The van der Waals surface area contributed by atoms with Crippen LogP contribution in [0.1, 0.15) is 56.3 Å². The monoisotopic (exact) mass is 447 g/mol. The summed E-state index contributed by atoms with van der Waals surface area (Å²) in [6.45, 7) is 10.4. The summed E-state index contributed by atoms with van der Waals surface area (Å²) in [5, 5.41) is 0. The summed E-state index contributed by atoms with van der Waals surface area (Å²) in [6, 6.07) is 17.1. The fraction of sp³-hybridized carbons (Fsp3) is 0.464. The quantitative estimate of drug-likeness (QED) is 0.452. The Balaban J connectivity index is 1.79. The van der Waals surface area contributed by atoms with E-state index in [1.54, 1.807) is 7.11 Å². The maximum atomic E-state index is 12.9. The Bertz CT molecular complexity index is 965. The largest absolute Gasteiger partial charge is 0.497 e. The normalized spacial score (nSPS) is 22.1. The van der Waals surface area contributed by atoms with Gasteiger partial charge in [-0.3, -0.25) is 9.69 Å². The third-order valence-corrected chi connectivity index (χ3v) is 7.44. The molecule has 5 heteroatoms. The fourth-order valence-electron chi connectivity index (χ4n) is 5.86. The van der Waals surface area contributed by atoms with Crippen molar-refractivity contribution in [2.24, 2.45) is 0 Å². The minimum Gasteiger partial charge on any atom is -0.497 e. The van der Waals surface area contributed by atoms with Crippen LogP contribution in [0.25, 0.3) is 0 Å². The molecule has 0 aliphatic carbocycles. The van der Waals surface area contributed by atoms with Crippen LogP contribution in [0.2, 0.25) is 0 Å². The van der Waals surface area contributed by atoms with Crippen LogP contribution in [0.15, 0.2) is 61.2 Å². The lowest BCUT2D eigenvalue weighted by Gasteiger charge is -2.52. The van der Waals surface area contributed by atoms with Gasteiger partial charge in [-0.2, -0.15) is 0 Å². The maximum absolute atomic E-state index is 12.9. The van der Waals surface area contributed by atoms with Crippen molar-refractivity contribution in [1.82, 2.24) is 9.80 Å². The average molecular weight is 448 g/mol. The molecule has 2 unspecified atom stereocenters. The van der Waals surface area contributed by atoms with Crippen molar-refractivity contribution in [2.45, 2.75) is 57.7 Å². The van der Waals surface area contributed by atoms with Gasteiger partial charge in [0.05, 0.1) is 12.8 Å². The van der Waals surface area contributed by atoms with Crippen molar-refractivity contribution in [3.05, 3.63) is 66.7 Å². The summed E-state index contributed by atoms with van der Waals surface area (Å²) in [4.78, 5) is 19.9. The molecular weight excluding hydrogens is 410 g/mol. The van der Waals surface area contributed by atoms with E-state index in [0.29, 0.717) is 19.1 Å². The average Bonchev–Trinajstić information content (AvgIpc) is 3.03. The molecule has 2 fully saturated rings. The third-order valence-electron chi connectivity index (χ3n) is 7.44. The summed E-state index contributed by atoms with van der Waals surface area (Å²) in [5.41, 5.74) is 2.86. The van der Waals surface area contributed by atoms with E-state index in [1.807, 2.05) is 43.0 Å². The van der Waals surface area contributed by atoms with Gasteiger partial charge in [0.1, 0.15) is 5.75 Å². The zero-order valence-electron chi connectivity index (χ0n) is 20.3. The molecule has 2 aliphatic heterocycles. The molecule has 33 heavy (non-hydrogen) atoms. The van der Waals surface area contributed by atoms with Gasteiger partial charge in [-0.1, -0.05) is 12.1 Å². The van der Waals surface area contributed by atoms with Crippen LogP contribution < -0.4 is 9.64 Å². The van der Waals surface area contributed by atoms with Crippen LogP contribution in [-0.2, 0) is 0 Å². The number of carbonyl (C=O) groups excluding carboxylic acids is 1. The van der Waals surface area contributed by atoms with E-state index in [9.17, 15) is 4.79 Å². The SMILES string of the molecule is C=CCN1C2CCCC1(N(c1ccc(C(=O)N(CC)CC)cc1)c1cccc(OC)c1)CC2. The summed E-state index contributed by atoms with van der Waals surface area (Å²) in [7, 11) is 1.71. The number of piperidine rings is 1. The van der Waals surface area contributed by atoms with Crippen LogP contribution in [0, 0.1) is 0 Å². The first-order chi connectivity index (χ1) is 16.1. The molecule has 4 rings (SSSR count). The second kappa shape index (κ2) is 10.0. The van der Waals surface area contributed by atoms with E-state index in [1.165, 1.54) is 19.3 Å². The fourth-order valence-corrected chi connectivity index (χ4v) is 5.86. The second-order valence-electron chi connectivity index (χ2n) is 9.07. The van der Waals surface area contributed by atoms with Gasteiger partial charge in [0.15, 0.2) is 0 Å². The van der Waals surface area contributed by atoms with Gasteiger partial charge in [-0.15, -0.1) is 6.58 Å². The van der Waals surface area contributed by atoms with Gasteiger partial charge in [-0.05, 0) is 82.3 Å². The molecule has 0 saturated carbocycles. The summed E-state index contributed by atoms with van der Waals surface area (Å²) in [6.07, 6.45) is 7.93. The molecule has 2 bridgehead atoms. The molecule has 2 aromatic carbocycles. The number of benzene rings is 2. The minimum absolute atomic E-state index is 0.0875. The molecule has 2 aromatic rings. The highest BCUT2D eigenvalue weighted by molar-refractivity contribution is 5.94. The first-order valence-electron chi connectivity index (χ1n) is 12.3. The first-order valence-corrected chi connectivity index (χ1v) is 12.3. The summed E-state index contributed by atoms with van der Waals surface area (Å²) < 4.78 is 5.57. The zero-order valence-corrected chi connectivity index (χ0v) is 20.3. The van der Waals surface area contributed by atoms with Gasteiger partial charge in [0.2, 0.25) is 0 Å². The molecule has 2 aliphatic rings. The Kier molecular flexibility index (Phi) is 7.08. The Morgan fingerprint density at radius 2 is 1.88 bits per heavy atom. The lowest BCUT2D eigenvalue weighted by Crippen LogP contribution is -2.59. The third kappa shape index (κ3) is 4.26. The van der Waals surface area contributed by atoms with Crippen LogP contribution >= 0.6 is 0 Å². The Labute approximate surface area is 198 Å². The topological polar surface area (TPSA) is 36.0 Å². The molecule has 0 N–H and O–H groups in total. The standard InChI is InChI=1S/C28H37N3O2/c1-5-20-30-23-11-9-18-28(30,19-17-23)31(25-10-8-12-26(21-25)33-4)24-15-13-22(14-16-24)27(32)29(6-2)7-3/h5,8,10,12-16,21,23H,1,6-7,9,11,17-20H2,2-4H3. The Morgan fingerprint density at radius 3 is 2.55 bits per heavy atom. The molecule has 2 saturated heterocycles. The van der Waals surface area contributed by atoms with Crippen LogP contribution in [0.5, 0.6) is 5.75 Å². The van der Waals surface area contributed by atoms with Crippen molar-refractivity contribution in [3.63, 3.8) is 0 Å². The minimum atomic E-state index is -0.103. The lowest BCUT2D eigenvalue weighted by molar-refractivity contribution is 0.0708. The number of nitrogens with zero attached hydrogens (tertiary/aromatic N) is 3. The van der Waals surface area contributed by atoms with Crippen molar-refractivity contribution in [1.29, 1.82) is 0 Å². The molecule has 2 heterocycles. The molecular formula is C28H37N3O2. The summed E-state index contributed by atoms with van der Waals surface area (Å²) >= 11 is 0. The molecule has 0 spiro atoms. The van der Waals surface area contributed by atoms with E-state index in [0.717, 1.165) is 42.1 Å². The molecule has 0 aromatic heterocycles. The maximum Gasteiger partial charge on any atom is 0.253 e. The number of carbonyl (C=O) groups is 1.